The van der Waals surface area contributed by atoms with Crippen molar-refractivity contribution in [3.8, 4) is 28.8 Å². The van der Waals surface area contributed by atoms with Crippen molar-refractivity contribution < 1.29 is 4.74 Å². The van der Waals surface area contributed by atoms with Crippen LogP contribution in [0.1, 0.15) is 24.6 Å². The lowest BCUT2D eigenvalue weighted by Gasteiger charge is -2.09. The first-order valence-corrected chi connectivity index (χ1v) is 8.01. The number of hydrogen-bond acceptors (Lipinski definition) is 3. The molecular formula is C20H19N3O. The summed E-state index contributed by atoms with van der Waals surface area (Å²) < 4.78 is 7.43. The minimum Gasteiger partial charge on any atom is -0.494 e. The Morgan fingerprint density at radius 1 is 1.08 bits per heavy atom. The second-order valence-electron chi connectivity index (χ2n) is 5.65. The van der Waals surface area contributed by atoms with Gasteiger partial charge in [0.05, 0.1) is 18.0 Å². The van der Waals surface area contributed by atoms with Crippen LogP contribution in [0.3, 0.4) is 0 Å². The second-order valence-corrected chi connectivity index (χ2v) is 5.65. The van der Waals surface area contributed by atoms with Crippen LogP contribution in [-0.2, 0) is 0 Å². The Morgan fingerprint density at radius 2 is 1.79 bits per heavy atom. The zero-order valence-corrected chi connectivity index (χ0v) is 13.9. The van der Waals surface area contributed by atoms with Gasteiger partial charge in [0.1, 0.15) is 11.8 Å². The average Bonchev–Trinajstić information content (AvgIpc) is 3.05. The maximum atomic E-state index is 9.21. The molecule has 0 fully saturated rings. The number of rotatable bonds is 5. The lowest BCUT2D eigenvalue weighted by atomic mass is 10.1. The summed E-state index contributed by atoms with van der Waals surface area (Å²) >= 11 is 0. The van der Waals surface area contributed by atoms with E-state index < -0.39 is 0 Å². The van der Waals surface area contributed by atoms with Crippen LogP contribution in [0.2, 0.25) is 0 Å². The van der Waals surface area contributed by atoms with Crippen molar-refractivity contribution in [2.24, 2.45) is 0 Å². The predicted octanol–water partition coefficient (Wildman–Crippen LogP) is 4.51. The topological polar surface area (TPSA) is 50.8 Å². The second kappa shape index (κ2) is 7.01. The molecule has 24 heavy (non-hydrogen) atoms. The van der Waals surface area contributed by atoms with E-state index in [2.05, 4.69) is 18.1 Å². The molecule has 0 saturated carbocycles. The van der Waals surface area contributed by atoms with E-state index in [1.54, 1.807) is 4.68 Å². The molecule has 1 aromatic heterocycles. The van der Waals surface area contributed by atoms with Crippen LogP contribution in [0.5, 0.6) is 5.75 Å². The first-order chi connectivity index (χ1) is 11.7. The third-order valence-corrected chi connectivity index (χ3v) is 3.73. The number of nitriles is 1. The maximum Gasteiger partial charge on any atom is 0.163 e. The molecule has 4 heteroatoms. The van der Waals surface area contributed by atoms with Crippen LogP contribution in [0.4, 0.5) is 0 Å². The Balaban J connectivity index is 1.99. The number of nitrogens with zero attached hydrogens (tertiary/aromatic N) is 3. The number of ether oxygens (including phenoxy) is 1. The maximum absolute atomic E-state index is 9.21. The van der Waals surface area contributed by atoms with Gasteiger partial charge in [-0.1, -0.05) is 24.6 Å². The number of aromatic nitrogens is 2. The van der Waals surface area contributed by atoms with Gasteiger partial charge < -0.3 is 4.74 Å². The SMILES string of the molecule is CCCOc1ccc(-c2cc(C#N)nn2-c2ccc(C)cc2)cc1. The zero-order chi connectivity index (χ0) is 16.9. The molecule has 0 bridgehead atoms. The quantitative estimate of drug-likeness (QED) is 0.696. The summed E-state index contributed by atoms with van der Waals surface area (Å²) in [4.78, 5) is 0. The summed E-state index contributed by atoms with van der Waals surface area (Å²) in [6, 6.07) is 19.9. The van der Waals surface area contributed by atoms with Gasteiger partial charge in [-0.25, -0.2) is 4.68 Å². The number of hydrogen-bond donors (Lipinski definition) is 0. The molecule has 120 valence electrons. The van der Waals surface area contributed by atoms with Crippen LogP contribution < -0.4 is 4.74 Å². The minimum atomic E-state index is 0.400. The van der Waals surface area contributed by atoms with Crippen molar-refractivity contribution in [1.82, 2.24) is 9.78 Å². The molecule has 3 aromatic rings. The van der Waals surface area contributed by atoms with Crippen LogP contribution in [-0.4, -0.2) is 16.4 Å². The van der Waals surface area contributed by atoms with Gasteiger partial charge in [-0.05, 0) is 49.7 Å². The lowest BCUT2D eigenvalue weighted by Crippen LogP contribution is -1.99. The van der Waals surface area contributed by atoms with E-state index >= 15 is 0 Å². The summed E-state index contributed by atoms with van der Waals surface area (Å²) in [7, 11) is 0. The van der Waals surface area contributed by atoms with E-state index in [0.717, 1.165) is 29.1 Å². The van der Waals surface area contributed by atoms with E-state index in [-0.39, 0.29) is 0 Å². The van der Waals surface area contributed by atoms with Crippen LogP contribution in [0.25, 0.3) is 16.9 Å². The molecule has 0 atom stereocenters. The lowest BCUT2D eigenvalue weighted by molar-refractivity contribution is 0.317. The molecule has 0 aliphatic carbocycles. The molecule has 0 aliphatic heterocycles. The van der Waals surface area contributed by atoms with Gasteiger partial charge in [0.25, 0.3) is 0 Å². The van der Waals surface area contributed by atoms with Crippen LogP contribution >= 0.6 is 0 Å². The van der Waals surface area contributed by atoms with Gasteiger partial charge in [-0.15, -0.1) is 0 Å². The predicted molar refractivity (Wildman–Crippen MR) is 94.2 cm³/mol. The van der Waals surface area contributed by atoms with Crippen molar-refractivity contribution in [1.29, 1.82) is 5.26 Å². The fraction of sp³-hybridized carbons (Fsp3) is 0.200. The highest BCUT2D eigenvalue weighted by Crippen LogP contribution is 2.26. The number of aryl methyl sites for hydroxylation is 1. The average molecular weight is 317 g/mol. The molecular weight excluding hydrogens is 298 g/mol. The van der Waals surface area contributed by atoms with Crippen LogP contribution in [0, 0.1) is 18.3 Å². The molecule has 2 aromatic carbocycles. The van der Waals surface area contributed by atoms with E-state index in [1.165, 1.54) is 5.56 Å². The van der Waals surface area contributed by atoms with Gasteiger partial charge in [0.2, 0.25) is 0 Å². The fourth-order valence-electron chi connectivity index (χ4n) is 2.47. The van der Waals surface area contributed by atoms with E-state index in [9.17, 15) is 5.26 Å². The van der Waals surface area contributed by atoms with Crippen molar-refractivity contribution in [3.05, 3.63) is 65.9 Å². The van der Waals surface area contributed by atoms with Crippen molar-refractivity contribution in [3.63, 3.8) is 0 Å². The molecule has 4 nitrogen and oxygen atoms in total. The Bertz CT molecular complexity index is 855. The fourth-order valence-corrected chi connectivity index (χ4v) is 2.47. The van der Waals surface area contributed by atoms with Crippen LogP contribution in [0.15, 0.2) is 54.6 Å². The van der Waals surface area contributed by atoms with Gasteiger partial charge in [0, 0.05) is 11.6 Å². The van der Waals surface area contributed by atoms with Gasteiger partial charge in [-0.2, -0.15) is 10.4 Å². The molecule has 0 unspecified atom stereocenters. The zero-order valence-electron chi connectivity index (χ0n) is 13.9. The molecule has 0 spiro atoms. The first-order valence-electron chi connectivity index (χ1n) is 8.01. The van der Waals surface area contributed by atoms with Crippen molar-refractivity contribution >= 4 is 0 Å². The summed E-state index contributed by atoms with van der Waals surface area (Å²) in [5.41, 5.74) is 4.40. The highest BCUT2D eigenvalue weighted by atomic mass is 16.5. The smallest absolute Gasteiger partial charge is 0.163 e. The molecule has 0 radical (unpaired) electrons. The monoisotopic (exact) mass is 317 g/mol. The highest BCUT2D eigenvalue weighted by Gasteiger charge is 2.11. The molecule has 0 saturated heterocycles. The Hall–Kier alpha value is -3.06. The summed E-state index contributed by atoms with van der Waals surface area (Å²) in [6.45, 7) is 4.83. The highest BCUT2D eigenvalue weighted by molar-refractivity contribution is 5.64. The Labute approximate surface area is 141 Å². The third-order valence-electron chi connectivity index (χ3n) is 3.73. The first kappa shape index (κ1) is 15.8. The van der Waals surface area contributed by atoms with E-state index in [0.29, 0.717) is 12.3 Å². The summed E-state index contributed by atoms with van der Waals surface area (Å²) in [5.74, 6) is 0.850. The number of benzene rings is 2. The van der Waals surface area contributed by atoms with E-state index in [1.807, 2.05) is 61.5 Å². The molecule has 0 N–H and O–H groups in total. The van der Waals surface area contributed by atoms with Gasteiger partial charge >= 0.3 is 0 Å². The van der Waals surface area contributed by atoms with E-state index in [4.69, 9.17) is 4.74 Å². The van der Waals surface area contributed by atoms with Gasteiger partial charge in [0.15, 0.2) is 5.69 Å². The Kier molecular flexibility index (Phi) is 4.62. The normalized spacial score (nSPS) is 10.4. The van der Waals surface area contributed by atoms with Crippen molar-refractivity contribution in [2.75, 3.05) is 6.61 Å². The van der Waals surface area contributed by atoms with Crippen molar-refractivity contribution in [2.45, 2.75) is 20.3 Å². The molecule has 0 amide bonds. The standard InChI is InChI=1S/C20H19N3O/c1-3-12-24-19-10-6-16(7-11-19)20-13-17(14-21)22-23(20)18-8-4-15(2)5-9-18/h4-11,13H,3,12H2,1-2H3. The minimum absolute atomic E-state index is 0.400. The summed E-state index contributed by atoms with van der Waals surface area (Å²) in [6.07, 6.45) is 0.980. The largest absolute Gasteiger partial charge is 0.494 e. The third kappa shape index (κ3) is 3.31. The molecule has 1 heterocycles. The van der Waals surface area contributed by atoms with Gasteiger partial charge in [-0.3, -0.25) is 0 Å². The molecule has 3 rings (SSSR count). The Morgan fingerprint density at radius 3 is 2.42 bits per heavy atom. The molecule has 0 aliphatic rings. The summed E-state index contributed by atoms with van der Waals surface area (Å²) in [5, 5.41) is 13.6.